The minimum absolute atomic E-state index is 0.0443. The lowest BCUT2D eigenvalue weighted by atomic mass is 10.1. The van der Waals surface area contributed by atoms with Crippen molar-refractivity contribution in [2.24, 2.45) is 0 Å². The van der Waals surface area contributed by atoms with Crippen LogP contribution < -0.4 is 15.4 Å². The van der Waals surface area contributed by atoms with Gasteiger partial charge in [-0.1, -0.05) is 23.7 Å². The molecule has 6 heteroatoms. The quantitative estimate of drug-likeness (QED) is 0.746. The zero-order valence-electron chi connectivity index (χ0n) is 13.9. The van der Waals surface area contributed by atoms with Crippen molar-refractivity contribution in [2.75, 3.05) is 17.7 Å². The van der Waals surface area contributed by atoms with Crippen molar-refractivity contribution in [3.05, 3.63) is 52.5 Å². The summed E-state index contributed by atoms with van der Waals surface area (Å²) in [4.78, 5) is 12.4. The van der Waals surface area contributed by atoms with E-state index in [4.69, 9.17) is 16.3 Å². The summed E-state index contributed by atoms with van der Waals surface area (Å²) < 4.78 is 5.26. The van der Waals surface area contributed by atoms with Crippen LogP contribution in [0.15, 0.2) is 36.4 Å². The lowest BCUT2D eigenvalue weighted by Crippen LogP contribution is -2.32. The van der Waals surface area contributed by atoms with Crippen LogP contribution in [-0.2, 0) is 11.4 Å². The molecule has 0 spiro atoms. The van der Waals surface area contributed by atoms with Crippen LogP contribution in [0.2, 0.25) is 5.02 Å². The van der Waals surface area contributed by atoms with Crippen molar-refractivity contribution in [1.82, 2.24) is 0 Å². The molecule has 1 unspecified atom stereocenters. The molecule has 0 aromatic heterocycles. The Hall–Kier alpha value is -2.24. The summed E-state index contributed by atoms with van der Waals surface area (Å²) in [6.45, 7) is 3.58. The van der Waals surface area contributed by atoms with Crippen LogP contribution in [0.3, 0.4) is 0 Å². The minimum atomic E-state index is -0.473. The van der Waals surface area contributed by atoms with E-state index in [1.54, 1.807) is 25.1 Å². The first kappa shape index (κ1) is 18.1. The number of methoxy groups -OCH3 is 1. The van der Waals surface area contributed by atoms with E-state index in [0.29, 0.717) is 16.5 Å². The van der Waals surface area contributed by atoms with E-state index in [9.17, 15) is 9.90 Å². The molecule has 0 saturated carbocycles. The molecule has 2 aromatic carbocycles. The molecular weight excluding hydrogens is 328 g/mol. The van der Waals surface area contributed by atoms with Gasteiger partial charge in [0.1, 0.15) is 11.8 Å². The summed E-state index contributed by atoms with van der Waals surface area (Å²) in [6, 6.07) is 10.3. The zero-order chi connectivity index (χ0) is 17.7. The lowest BCUT2D eigenvalue weighted by molar-refractivity contribution is -0.116. The fourth-order valence-electron chi connectivity index (χ4n) is 2.25. The van der Waals surface area contributed by atoms with E-state index >= 15 is 0 Å². The molecular formula is C18H21ClN2O3. The normalized spacial score (nSPS) is 11.7. The van der Waals surface area contributed by atoms with Gasteiger partial charge in [-0.15, -0.1) is 0 Å². The number of halogens is 1. The number of benzene rings is 2. The van der Waals surface area contributed by atoms with Gasteiger partial charge in [0, 0.05) is 16.8 Å². The molecule has 0 bridgehead atoms. The third-order valence-corrected chi connectivity index (χ3v) is 4.03. The number of aryl methyl sites for hydroxylation is 1. The number of anilines is 2. The summed E-state index contributed by atoms with van der Waals surface area (Å²) in [7, 11) is 1.53. The highest BCUT2D eigenvalue weighted by molar-refractivity contribution is 6.31. The predicted molar refractivity (Wildman–Crippen MR) is 96.8 cm³/mol. The molecule has 0 radical (unpaired) electrons. The van der Waals surface area contributed by atoms with Gasteiger partial charge in [0.15, 0.2) is 0 Å². The number of hydrogen-bond donors (Lipinski definition) is 3. The van der Waals surface area contributed by atoms with Gasteiger partial charge in [-0.05, 0) is 43.2 Å². The van der Waals surface area contributed by atoms with Crippen LogP contribution in [0.1, 0.15) is 18.1 Å². The Morgan fingerprint density at radius 1 is 1.33 bits per heavy atom. The smallest absolute Gasteiger partial charge is 0.246 e. The predicted octanol–water partition coefficient (Wildman–Crippen LogP) is 3.59. The monoisotopic (exact) mass is 348 g/mol. The Labute approximate surface area is 146 Å². The summed E-state index contributed by atoms with van der Waals surface area (Å²) in [5.41, 5.74) is 2.97. The average Bonchev–Trinajstić information content (AvgIpc) is 2.57. The zero-order valence-corrected chi connectivity index (χ0v) is 14.6. The largest absolute Gasteiger partial charge is 0.495 e. The number of carbonyl (C=O) groups is 1. The van der Waals surface area contributed by atoms with Gasteiger partial charge in [-0.3, -0.25) is 4.79 Å². The molecule has 1 atom stereocenters. The van der Waals surface area contributed by atoms with Gasteiger partial charge < -0.3 is 20.5 Å². The molecule has 0 fully saturated rings. The van der Waals surface area contributed by atoms with Gasteiger partial charge in [0.05, 0.1) is 19.4 Å². The number of carbonyl (C=O) groups excluding carboxylic acids is 1. The topological polar surface area (TPSA) is 70.6 Å². The molecule has 0 aliphatic heterocycles. The Morgan fingerprint density at radius 3 is 2.75 bits per heavy atom. The molecule has 3 N–H and O–H groups in total. The van der Waals surface area contributed by atoms with E-state index < -0.39 is 6.04 Å². The Morgan fingerprint density at radius 2 is 2.08 bits per heavy atom. The first-order chi connectivity index (χ1) is 11.4. The number of aliphatic hydroxyl groups excluding tert-OH is 1. The molecule has 0 saturated heterocycles. The molecule has 128 valence electrons. The highest BCUT2D eigenvalue weighted by atomic mass is 35.5. The van der Waals surface area contributed by atoms with Crippen LogP contribution in [0.4, 0.5) is 11.4 Å². The summed E-state index contributed by atoms with van der Waals surface area (Å²) in [5.74, 6) is 0.304. The van der Waals surface area contributed by atoms with Crippen molar-refractivity contribution in [3.8, 4) is 5.75 Å². The van der Waals surface area contributed by atoms with Gasteiger partial charge in [0.2, 0.25) is 5.91 Å². The van der Waals surface area contributed by atoms with Crippen LogP contribution in [0.25, 0.3) is 0 Å². The molecule has 0 aliphatic carbocycles. The van der Waals surface area contributed by atoms with Gasteiger partial charge in [-0.25, -0.2) is 0 Å². The van der Waals surface area contributed by atoms with Crippen molar-refractivity contribution in [3.63, 3.8) is 0 Å². The molecule has 5 nitrogen and oxygen atoms in total. The van der Waals surface area contributed by atoms with E-state index in [-0.39, 0.29) is 12.5 Å². The van der Waals surface area contributed by atoms with Gasteiger partial charge in [0.25, 0.3) is 0 Å². The van der Waals surface area contributed by atoms with Crippen molar-refractivity contribution < 1.29 is 14.6 Å². The fourth-order valence-corrected chi connectivity index (χ4v) is 2.40. The maximum atomic E-state index is 12.4. The second-order valence-corrected chi connectivity index (χ2v) is 5.92. The fraction of sp³-hybridized carbons (Fsp3) is 0.278. The molecule has 0 heterocycles. The summed E-state index contributed by atoms with van der Waals surface area (Å²) in [6.07, 6.45) is 0. The Balaban J connectivity index is 2.10. The Bertz CT molecular complexity index is 734. The standard InChI is InChI=1S/C18H21ClN2O3/c1-11-7-16(17(24-3)9-15(11)19)21-18(23)12(2)20-14-6-4-5-13(8-14)10-22/h4-9,12,20,22H,10H2,1-3H3,(H,21,23). The molecule has 0 aliphatic rings. The van der Waals surface area contributed by atoms with Gasteiger partial charge >= 0.3 is 0 Å². The average molecular weight is 349 g/mol. The van der Waals surface area contributed by atoms with Gasteiger partial charge in [-0.2, -0.15) is 0 Å². The highest BCUT2D eigenvalue weighted by Crippen LogP contribution is 2.31. The molecule has 2 aromatic rings. The molecule has 24 heavy (non-hydrogen) atoms. The summed E-state index contributed by atoms with van der Waals surface area (Å²) >= 11 is 6.07. The third-order valence-electron chi connectivity index (χ3n) is 3.62. The van der Waals surface area contributed by atoms with Crippen LogP contribution in [0, 0.1) is 6.92 Å². The lowest BCUT2D eigenvalue weighted by Gasteiger charge is -2.17. The second-order valence-electron chi connectivity index (χ2n) is 5.52. The van der Waals surface area contributed by atoms with Crippen molar-refractivity contribution in [2.45, 2.75) is 26.5 Å². The van der Waals surface area contributed by atoms with E-state index in [1.165, 1.54) is 7.11 Å². The number of amides is 1. The number of aliphatic hydroxyl groups is 1. The highest BCUT2D eigenvalue weighted by Gasteiger charge is 2.16. The molecule has 1 amide bonds. The van der Waals surface area contributed by atoms with Crippen LogP contribution >= 0.6 is 11.6 Å². The number of nitrogens with one attached hydrogen (secondary N) is 2. The van der Waals surface area contributed by atoms with E-state index in [0.717, 1.165) is 16.8 Å². The first-order valence-electron chi connectivity index (χ1n) is 7.56. The maximum absolute atomic E-state index is 12.4. The second kappa shape index (κ2) is 8.04. The number of rotatable bonds is 6. The maximum Gasteiger partial charge on any atom is 0.246 e. The van der Waals surface area contributed by atoms with Crippen LogP contribution in [-0.4, -0.2) is 24.2 Å². The minimum Gasteiger partial charge on any atom is -0.495 e. The van der Waals surface area contributed by atoms with Crippen molar-refractivity contribution in [1.29, 1.82) is 0 Å². The number of hydrogen-bond acceptors (Lipinski definition) is 4. The van der Waals surface area contributed by atoms with Crippen LogP contribution in [0.5, 0.6) is 5.75 Å². The number of ether oxygens (including phenoxy) is 1. The molecule has 2 rings (SSSR count). The van der Waals surface area contributed by atoms with E-state index in [1.807, 2.05) is 25.1 Å². The SMILES string of the molecule is COc1cc(Cl)c(C)cc1NC(=O)C(C)Nc1cccc(CO)c1. The third kappa shape index (κ3) is 4.40. The van der Waals surface area contributed by atoms with E-state index in [2.05, 4.69) is 10.6 Å². The first-order valence-corrected chi connectivity index (χ1v) is 7.93. The summed E-state index contributed by atoms with van der Waals surface area (Å²) in [5, 5.41) is 15.7. The van der Waals surface area contributed by atoms with Crippen molar-refractivity contribution >= 4 is 28.9 Å². The Kier molecular flexibility index (Phi) is 6.06.